The molecule has 1 fully saturated rings. The SMILES string of the molecule is O=C(O)c1ccc(OCCCN2CCC(C(F)(F)F)CC2)cc1. The Morgan fingerprint density at radius 1 is 1.22 bits per heavy atom. The summed E-state index contributed by atoms with van der Waals surface area (Å²) < 4.78 is 43.2. The van der Waals surface area contributed by atoms with Crippen LogP contribution in [0.1, 0.15) is 29.6 Å². The van der Waals surface area contributed by atoms with Gasteiger partial charge >= 0.3 is 12.1 Å². The normalized spacial score (nSPS) is 17.2. The van der Waals surface area contributed by atoms with Gasteiger partial charge in [-0.25, -0.2) is 4.79 Å². The molecule has 1 aliphatic heterocycles. The van der Waals surface area contributed by atoms with Gasteiger partial charge in [0.05, 0.1) is 18.1 Å². The van der Waals surface area contributed by atoms with Gasteiger partial charge in [0.25, 0.3) is 0 Å². The first kappa shape index (κ1) is 17.6. The van der Waals surface area contributed by atoms with Gasteiger partial charge in [0.15, 0.2) is 0 Å². The van der Waals surface area contributed by atoms with Crippen molar-refractivity contribution in [3.63, 3.8) is 0 Å². The first-order valence-electron chi connectivity index (χ1n) is 7.61. The Kier molecular flexibility index (Phi) is 5.87. The fourth-order valence-electron chi connectivity index (χ4n) is 2.66. The van der Waals surface area contributed by atoms with Gasteiger partial charge in [0, 0.05) is 6.54 Å². The van der Waals surface area contributed by atoms with Crippen LogP contribution in [0.5, 0.6) is 5.75 Å². The van der Waals surface area contributed by atoms with Gasteiger partial charge in [0.1, 0.15) is 5.75 Å². The van der Waals surface area contributed by atoms with Crippen LogP contribution < -0.4 is 4.74 Å². The maximum Gasteiger partial charge on any atom is 0.391 e. The van der Waals surface area contributed by atoms with Crippen LogP contribution in [0.3, 0.4) is 0 Å². The molecule has 1 aromatic carbocycles. The lowest BCUT2D eigenvalue weighted by Gasteiger charge is -2.32. The topological polar surface area (TPSA) is 49.8 Å². The molecule has 7 heteroatoms. The summed E-state index contributed by atoms with van der Waals surface area (Å²) in [5.41, 5.74) is 0.199. The zero-order valence-electron chi connectivity index (χ0n) is 12.7. The van der Waals surface area contributed by atoms with E-state index >= 15 is 0 Å². The molecular formula is C16H20F3NO3. The number of piperidine rings is 1. The van der Waals surface area contributed by atoms with Crippen molar-refractivity contribution in [3.8, 4) is 5.75 Å². The summed E-state index contributed by atoms with van der Waals surface area (Å²) in [6.45, 7) is 2.10. The molecule has 0 spiro atoms. The number of carbonyl (C=O) groups is 1. The number of halogens is 3. The predicted molar refractivity (Wildman–Crippen MR) is 78.7 cm³/mol. The number of carboxylic acids is 1. The van der Waals surface area contributed by atoms with E-state index in [9.17, 15) is 18.0 Å². The average Bonchev–Trinajstić information content (AvgIpc) is 2.51. The van der Waals surface area contributed by atoms with Gasteiger partial charge in [-0.2, -0.15) is 13.2 Å². The van der Waals surface area contributed by atoms with Gasteiger partial charge in [-0.05, 0) is 56.6 Å². The van der Waals surface area contributed by atoms with Crippen molar-refractivity contribution >= 4 is 5.97 Å². The Morgan fingerprint density at radius 2 is 1.83 bits per heavy atom. The molecule has 23 heavy (non-hydrogen) atoms. The monoisotopic (exact) mass is 331 g/mol. The second kappa shape index (κ2) is 7.68. The number of aromatic carboxylic acids is 1. The fraction of sp³-hybridized carbons (Fsp3) is 0.562. The highest BCUT2D eigenvalue weighted by atomic mass is 19.4. The van der Waals surface area contributed by atoms with Crippen molar-refractivity contribution in [2.75, 3.05) is 26.2 Å². The molecule has 0 unspecified atom stereocenters. The van der Waals surface area contributed by atoms with E-state index in [2.05, 4.69) is 0 Å². The second-order valence-electron chi connectivity index (χ2n) is 5.69. The number of ether oxygens (including phenoxy) is 1. The quantitative estimate of drug-likeness (QED) is 0.812. The molecule has 0 aliphatic carbocycles. The first-order chi connectivity index (χ1) is 10.9. The number of alkyl halides is 3. The number of hydrogen-bond donors (Lipinski definition) is 1. The highest BCUT2D eigenvalue weighted by Gasteiger charge is 2.40. The third-order valence-electron chi connectivity index (χ3n) is 4.04. The Morgan fingerprint density at radius 3 is 2.35 bits per heavy atom. The van der Waals surface area contributed by atoms with Crippen LogP contribution in [0, 0.1) is 5.92 Å². The molecule has 0 radical (unpaired) electrons. The molecule has 128 valence electrons. The number of rotatable bonds is 6. The number of likely N-dealkylation sites (tertiary alicyclic amines) is 1. The van der Waals surface area contributed by atoms with E-state index in [0.29, 0.717) is 32.0 Å². The van der Waals surface area contributed by atoms with Crippen molar-refractivity contribution in [1.29, 1.82) is 0 Å². The highest BCUT2D eigenvalue weighted by Crippen LogP contribution is 2.34. The van der Waals surface area contributed by atoms with Crippen LogP contribution in [0.4, 0.5) is 13.2 Å². The first-order valence-corrected chi connectivity index (χ1v) is 7.61. The smallest absolute Gasteiger partial charge is 0.391 e. The zero-order valence-corrected chi connectivity index (χ0v) is 12.7. The number of benzene rings is 1. The molecule has 1 N–H and O–H groups in total. The minimum atomic E-state index is -4.07. The Balaban J connectivity index is 1.64. The van der Waals surface area contributed by atoms with Gasteiger partial charge in [-0.1, -0.05) is 0 Å². The molecule has 0 saturated carbocycles. The Bertz CT molecular complexity index is 508. The zero-order chi connectivity index (χ0) is 16.9. The molecule has 1 aliphatic rings. The van der Waals surface area contributed by atoms with Crippen LogP contribution >= 0.6 is 0 Å². The number of nitrogens with zero attached hydrogens (tertiary/aromatic N) is 1. The number of carboxylic acid groups (broad SMARTS) is 1. The van der Waals surface area contributed by atoms with Crippen molar-refractivity contribution in [3.05, 3.63) is 29.8 Å². The third-order valence-corrected chi connectivity index (χ3v) is 4.04. The molecule has 1 heterocycles. The van der Waals surface area contributed by atoms with Gasteiger partial charge in [0.2, 0.25) is 0 Å². The Hall–Kier alpha value is -1.76. The molecule has 2 rings (SSSR count). The molecule has 0 bridgehead atoms. The summed E-state index contributed by atoms with van der Waals surface area (Å²) in [5.74, 6) is -1.56. The van der Waals surface area contributed by atoms with Crippen molar-refractivity contribution < 1.29 is 27.8 Å². The van der Waals surface area contributed by atoms with E-state index in [1.54, 1.807) is 12.1 Å². The van der Waals surface area contributed by atoms with Gasteiger partial charge in [-0.15, -0.1) is 0 Å². The fourth-order valence-corrected chi connectivity index (χ4v) is 2.66. The maximum absolute atomic E-state index is 12.6. The molecule has 4 nitrogen and oxygen atoms in total. The third kappa shape index (κ3) is 5.42. The van der Waals surface area contributed by atoms with Crippen LogP contribution in [-0.2, 0) is 0 Å². The van der Waals surface area contributed by atoms with Crippen LogP contribution in [-0.4, -0.2) is 48.4 Å². The van der Waals surface area contributed by atoms with Crippen molar-refractivity contribution in [1.82, 2.24) is 4.90 Å². The van der Waals surface area contributed by atoms with E-state index in [-0.39, 0.29) is 18.4 Å². The predicted octanol–water partition coefficient (Wildman–Crippen LogP) is 3.43. The lowest BCUT2D eigenvalue weighted by Crippen LogP contribution is -2.39. The summed E-state index contributed by atoms with van der Waals surface area (Å²) >= 11 is 0. The minimum Gasteiger partial charge on any atom is -0.494 e. The largest absolute Gasteiger partial charge is 0.494 e. The lowest BCUT2D eigenvalue weighted by molar-refractivity contribution is -0.185. The second-order valence-corrected chi connectivity index (χ2v) is 5.69. The summed E-state index contributed by atoms with van der Waals surface area (Å²) in [7, 11) is 0. The highest BCUT2D eigenvalue weighted by molar-refractivity contribution is 5.87. The molecule has 0 atom stereocenters. The van der Waals surface area contributed by atoms with E-state index in [1.165, 1.54) is 12.1 Å². The average molecular weight is 331 g/mol. The van der Waals surface area contributed by atoms with E-state index < -0.39 is 18.1 Å². The Labute approximate surface area is 132 Å². The molecule has 0 amide bonds. The van der Waals surface area contributed by atoms with Crippen LogP contribution in [0.2, 0.25) is 0 Å². The molecule has 1 aromatic rings. The van der Waals surface area contributed by atoms with Crippen LogP contribution in [0.25, 0.3) is 0 Å². The lowest BCUT2D eigenvalue weighted by atomic mass is 9.96. The van der Waals surface area contributed by atoms with Crippen LogP contribution in [0.15, 0.2) is 24.3 Å². The summed E-state index contributed by atoms with van der Waals surface area (Å²) in [6.07, 6.45) is -3.02. The standard InChI is InChI=1S/C16H20F3NO3/c17-16(18,19)13-6-9-20(10-7-13)8-1-11-23-14-4-2-12(3-5-14)15(21)22/h2-5,13H,1,6-11H2,(H,21,22). The number of hydrogen-bond acceptors (Lipinski definition) is 3. The van der Waals surface area contributed by atoms with E-state index in [0.717, 1.165) is 6.42 Å². The minimum absolute atomic E-state index is 0.168. The maximum atomic E-state index is 12.6. The molecule has 1 saturated heterocycles. The summed E-state index contributed by atoms with van der Waals surface area (Å²) in [5, 5.41) is 8.79. The van der Waals surface area contributed by atoms with E-state index in [1.807, 2.05) is 4.90 Å². The molecular weight excluding hydrogens is 311 g/mol. The van der Waals surface area contributed by atoms with Crippen molar-refractivity contribution in [2.24, 2.45) is 5.92 Å². The van der Waals surface area contributed by atoms with E-state index in [4.69, 9.17) is 9.84 Å². The summed E-state index contributed by atoms with van der Waals surface area (Å²) in [4.78, 5) is 12.7. The summed E-state index contributed by atoms with van der Waals surface area (Å²) in [6, 6.07) is 6.13. The van der Waals surface area contributed by atoms with Gasteiger partial charge in [-0.3, -0.25) is 0 Å². The van der Waals surface area contributed by atoms with Gasteiger partial charge < -0.3 is 14.7 Å². The molecule has 0 aromatic heterocycles. The van der Waals surface area contributed by atoms with Crippen molar-refractivity contribution in [2.45, 2.75) is 25.4 Å².